The van der Waals surface area contributed by atoms with Crippen LogP contribution in [-0.4, -0.2) is 19.6 Å². The number of hydrogen-bond donors (Lipinski definition) is 2. The average Bonchev–Trinajstić information content (AvgIpc) is 2.35. The van der Waals surface area contributed by atoms with Crippen LogP contribution in [0.4, 0.5) is 0 Å². The van der Waals surface area contributed by atoms with E-state index in [1.807, 2.05) is 0 Å². The van der Waals surface area contributed by atoms with Crippen LogP contribution in [0.2, 0.25) is 5.02 Å². The standard InChI is InChI=1S/C12H17ClN2O3/c1-7(12(15)16)6-18-11-8(5-14)3-9(13)4-10(11)17-2/h3-4,7H,5-6,14H2,1-2H3,(H2,15,16). The highest BCUT2D eigenvalue weighted by molar-refractivity contribution is 6.30. The number of benzene rings is 1. The molecule has 0 aliphatic carbocycles. The summed E-state index contributed by atoms with van der Waals surface area (Å²) in [6, 6.07) is 3.33. The molecule has 18 heavy (non-hydrogen) atoms. The molecule has 0 fully saturated rings. The summed E-state index contributed by atoms with van der Waals surface area (Å²) in [7, 11) is 1.51. The highest BCUT2D eigenvalue weighted by Gasteiger charge is 2.15. The van der Waals surface area contributed by atoms with Crippen molar-refractivity contribution in [1.82, 2.24) is 0 Å². The fourth-order valence-corrected chi connectivity index (χ4v) is 1.61. The summed E-state index contributed by atoms with van der Waals surface area (Å²) in [4.78, 5) is 10.9. The van der Waals surface area contributed by atoms with Gasteiger partial charge in [-0.05, 0) is 6.07 Å². The van der Waals surface area contributed by atoms with E-state index < -0.39 is 11.8 Å². The highest BCUT2D eigenvalue weighted by Crippen LogP contribution is 2.34. The molecule has 4 N–H and O–H groups in total. The lowest BCUT2D eigenvalue weighted by Crippen LogP contribution is -2.26. The van der Waals surface area contributed by atoms with E-state index in [0.29, 0.717) is 16.5 Å². The van der Waals surface area contributed by atoms with Gasteiger partial charge in [0.25, 0.3) is 0 Å². The van der Waals surface area contributed by atoms with Crippen molar-refractivity contribution in [2.45, 2.75) is 13.5 Å². The molecule has 6 heteroatoms. The van der Waals surface area contributed by atoms with Crippen LogP contribution in [-0.2, 0) is 11.3 Å². The Bertz CT molecular complexity index is 412. The van der Waals surface area contributed by atoms with Gasteiger partial charge in [0.2, 0.25) is 5.91 Å². The van der Waals surface area contributed by atoms with Gasteiger partial charge in [0.15, 0.2) is 11.5 Å². The van der Waals surface area contributed by atoms with E-state index in [1.165, 1.54) is 7.11 Å². The minimum Gasteiger partial charge on any atom is -0.493 e. The number of rotatable bonds is 6. The highest BCUT2D eigenvalue weighted by atomic mass is 35.5. The van der Waals surface area contributed by atoms with Crippen LogP contribution in [0.15, 0.2) is 12.1 Å². The first-order valence-corrected chi connectivity index (χ1v) is 5.86. The molecular weight excluding hydrogens is 256 g/mol. The van der Waals surface area contributed by atoms with E-state index in [4.69, 9.17) is 32.5 Å². The first-order valence-electron chi connectivity index (χ1n) is 5.48. The average molecular weight is 273 g/mol. The van der Waals surface area contributed by atoms with Gasteiger partial charge >= 0.3 is 0 Å². The molecule has 0 aliphatic heterocycles. The van der Waals surface area contributed by atoms with Gasteiger partial charge in [0, 0.05) is 23.2 Å². The molecule has 0 saturated heterocycles. The van der Waals surface area contributed by atoms with Crippen LogP contribution in [0.3, 0.4) is 0 Å². The Morgan fingerprint density at radius 1 is 1.50 bits per heavy atom. The molecule has 0 heterocycles. The molecule has 1 atom stereocenters. The van der Waals surface area contributed by atoms with Gasteiger partial charge < -0.3 is 20.9 Å². The van der Waals surface area contributed by atoms with Crippen LogP contribution in [0, 0.1) is 5.92 Å². The Labute approximate surface area is 111 Å². The zero-order valence-electron chi connectivity index (χ0n) is 10.4. The molecule has 1 rings (SSSR count). The molecule has 0 aliphatic rings. The number of primary amides is 1. The van der Waals surface area contributed by atoms with E-state index in [1.54, 1.807) is 19.1 Å². The Balaban J connectivity index is 2.95. The fourth-order valence-electron chi connectivity index (χ4n) is 1.38. The third-order valence-corrected chi connectivity index (χ3v) is 2.72. The Hall–Kier alpha value is -1.46. The number of methoxy groups -OCH3 is 1. The van der Waals surface area contributed by atoms with Crippen molar-refractivity contribution in [3.63, 3.8) is 0 Å². The van der Waals surface area contributed by atoms with Gasteiger partial charge in [-0.3, -0.25) is 4.79 Å². The zero-order chi connectivity index (χ0) is 13.7. The van der Waals surface area contributed by atoms with Crippen LogP contribution >= 0.6 is 11.6 Å². The number of carbonyl (C=O) groups is 1. The number of halogens is 1. The van der Waals surface area contributed by atoms with Gasteiger partial charge in [-0.25, -0.2) is 0 Å². The molecule has 0 bridgehead atoms. The maximum Gasteiger partial charge on any atom is 0.223 e. The Kier molecular flexibility index (Phi) is 5.25. The first kappa shape index (κ1) is 14.6. The summed E-state index contributed by atoms with van der Waals surface area (Å²) < 4.78 is 10.7. The van der Waals surface area contributed by atoms with Crippen molar-refractivity contribution < 1.29 is 14.3 Å². The number of ether oxygens (including phenoxy) is 2. The molecule has 0 aromatic heterocycles. The third-order valence-electron chi connectivity index (χ3n) is 2.50. The monoisotopic (exact) mass is 272 g/mol. The minimum absolute atomic E-state index is 0.167. The normalized spacial score (nSPS) is 12.0. The molecule has 0 saturated carbocycles. The van der Waals surface area contributed by atoms with Gasteiger partial charge in [-0.15, -0.1) is 0 Å². The number of carbonyl (C=O) groups excluding carboxylic acids is 1. The molecule has 0 spiro atoms. The van der Waals surface area contributed by atoms with Gasteiger partial charge in [0.05, 0.1) is 19.6 Å². The largest absolute Gasteiger partial charge is 0.493 e. The molecule has 1 aromatic carbocycles. The molecule has 1 unspecified atom stereocenters. The number of nitrogens with two attached hydrogens (primary N) is 2. The molecule has 0 radical (unpaired) electrons. The Morgan fingerprint density at radius 3 is 2.67 bits per heavy atom. The van der Waals surface area contributed by atoms with Gasteiger partial charge in [-0.1, -0.05) is 18.5 Å². The second-order valence-electron chi connectivity index (χ2n) is 3.91. The predicted octanol–water partition coefficient (Wildman–Crippen LogP) is 1.31. The zero-order valence-corrected chi connectivity index (χ0v) is 11.2. The summed E-state index contributed by atoms with van der Waals surface area (Å²) in [5.41, 5.74) is 11.5. The minimum atomic E-state index is -0.419. The summed E-state index contributed by atoms with van der Waals surface area (Å²) in [6.45, 7) is 2.12. The maximum absolute atomic E-state index is 10.9. The molecule has 1 aromatic rings. The van der Waals surface area contributed by atoms with Crippen LogP contribution < -0.4 is 20.9 Å². The van der Waals surface area contributed by atoms with E-state index in [0.717, 1.165) is 5.56 Å². The quantitative estimate of drug-likeness (QED) is 0.817. The fraction of sp³-hybridized carbons (Fsp3) is 0.417. The SMILES string of the molecule is COc1cc(Cl)cc(CN)c1OCC(C)C(N)=O. The van der Waals surface area contributed by atoms with Crippen LogP contribution in [0.5, 0.6) is 11.5 Å². The summed E-state index contributed by atoms with van der Waals surface area (Å²) in [5.74, 6) is 0.172. The van der Waals surface area contributed by atoms with Crippen molar-refractivity contribution in [2.24, 2.45) is 17.4 Å². The maximum atomic E-state index is 10.9. The van der Waals surface area contributed by atoms with Crippen molar-refractivity contribution in [2.75, 3.05) is 13.7 Å². The summed E-state index contributed by atoms with van der Waals surface area (Å²) in [5, 5.41) is 0.516. The molecule has 100 valence electrons. The molecule has 5 nitrogen and oxygen atoms in total. The van der Waals surface area contributed by atoms with E-state index in [9.17, 15) is 4.79 Å². The number of hydrogen-bond acceptors (Lipinski definition) is 4. The third kappa shape index (κ3) is 3.51. The lowest BCUT2D eigenvalue weighted by molar-refractivity contribution is -0.122. The van der Waals surface area contributed by atoms with Crippen molar-refractivity contribution in [1.29, 1.82) is 0 Å². The summed E-state index contributed by atoms with van der Waals surface area (Å²) >= 11 is 5.93. The van der Waals surface area contributed by atoms with Crippen LogP contribution in [0.1, 0.15) is 12.5 Å². The second kappa shape index (κ2) is 6.47. The lowest BCUT2D eigenvalue weighted by atomic mass is 10.1. The molecule has 1 amide bonds. The van der Waals surface area contributed by atoms with E-state index >= 15 is 0 Å². The van der Waals surface area contributed by atoms with Crippen molar-refractivity contribution in [3.05, 3.63) is 22.7 Å². The van der Waals surface area contributed by atoms with Gasteiger partial charge in [0.1, 0.15) is 0 Å². The van der Waals surface area contributed by atoms with E-state index in [2.05, 4.69) is 0 Å². The second-order valence-corrected chi connectivity index (χ2v) is 4.35. The topological polar surface area (TPSA) is 87.6 Å². The Morgan fingerprint density at radius 2 is 2.17 bits per heavy atom. The van der Waals surface area contributed by atoms with E-state index in [-0.39, 0.29) is 13.2 Å². The first-order chi connectivity index (χ1) is 8.49. The summed E-state index contributed by atoms with van der Waals surface area (Å²) in [6.07, 6.45) is 0. The van der Waals surface area contributed by atoms with Crippen molar-refractivity contribution in [3.8, 4) is 11.5 Å². The van der Waals surface area contributed by atoms with Crippen molar-refractivity contribution >= 4 is 17.5 Å². The predicted molar refractivity (Wildman–Crippen MR) is 69.7 cm³/mol. The van der Waals surface area contributed by atoms with Crippen LogP contribution in [0.25, 0.3) is 0 Å². The molecular formula is C12H17ClN2O3. The smallest absolute Gasteiger partial charge is 0.223 e. The number of amides is 1. The lowest BCUT2D eigenvalue weighted by Gasteiger charge is -2.16. The van der Waals surface area contributed by atoms with Gasteiger partial charge in [-0.2, -0.15) is 0 Å².